The van der Waals surface area contributed by atoms with Crippen LogP contribution in [0.1, 0.15) is 52.8 Å². The molecular formula is C32H41N3. The van der Waals surface area contributed by atoms with Crippen molar-refractivity contribution in [1.82, 2.24) is 4.98 Å². The normalized spacial score (nSPS) is 9.34. The first kappa shape index (κ1) is 29.5. The number of hydrogen-bond donors (Lipinski definition) is 2. The van der Waals surface area contributed by atoms with E-state index in [9.17, 15) is 0 Å². The fourth-order valence-corrected chi connectivity index (χ4v) is 2.89. The number of aryl methyl sites for hydroxylation is 5. The van der Waals surface area contributed by atoms with Crippen LogP contribution < -0.4 is 5.73 Å². The van der Waals surface area contributed by atoms with Crippen LogP contribution in [0.25, 0.3) is 0 Å². The van der Waals surface area contributed by atoms with Gasteiger partial charge in [-0.25, -0.2) is 0 Å². The number of benzene rings is 3. The zero-order valence-electron chi connectivity index (χ0n) is 22.2. The van der Waals surface area contributed by atoms with Gasteiger partial charge in [0.1, 0.15) is 0 Å². The van der Waals surface area contributed by atoms with Crippen molar-refractivity contribution in [3.63, 3.8) is 0 Å². The van der Waals surface area contributed by atoms with Crippen molar-refractivity contribution in [1.29, 1.82) is 5.41 Å². The van der Waals surface area contributed by atoms with Crippen molar-refractivity contribution in [2.24, 2.45) is 5.73 Å². The number of nitrogens with zero attached hydrogens (tertiary/aromatic N) is 1. The molecular weight excluding hydrogens is 426 g/mol. The third kappa shape index (κ3) is 13.7. The number of nitrogens with one attached hydrogen (secondary N) is 1. The molecule has 0 saturated carbocycles. The van der Waals surface area contributed by atoms with E-state index in [0.717, 1.165) is 12.0 Å². The van der Waals surface area contributed by atoms with Crippen molar-refractivity contribution < 1.29 is 0 Å². The molecule has 35 heavy (non-hydrogen) atoms. The third-order valence-corrected chi connectivity index (χ3v) is 5.18. The van der Waals surface area contributed by atoms with Gasteiger partial charge in [0, 0.05) is 24.7 Å². The molecule has 3 nitrogen and oxygen atoms in total. The van der Waals surface area contributed by atoms with Gasteiger partial charge >= 0.3 is 0 Å². The quantitative estimate of drug-likeness (QED) is 0.302. The van der Waals surface area contributed by atoms with Gasteiger partial charge in [-0.3, -0.25) is 4.98 Å². The van der Waals surface area contributed by atoms with Gasteiger partial charge < -0.3 is 11.1 Å². The summed E-state index contributed by atoms with van der Waals surface area (Å²) in [7, 11) is 0. The van der Waals surface area contributed by atoms with Crippen LogP contribution in [0.3, 0.4) is 0 Å². The smallest absolute Gasteiger partial charge is 0.0355 e. The zero-order valence-corrected chi connectivity index (χ0v) is 22.2. The molecule has 3 N–H and O–H groups in total. The second-order valence-electron chi connectivity index (χ2n) is 8.55. The standard InChI is InChI=1S/C9H11N.C9H12.C8H11N.C6H7N/c1-7-3-5-9(6-4-7)8(2)10;1-3-9-6-4-5-8(2)7-9;1-7-2-4-8(6-9)5-3-7;1-6-2-4-7-5-3-6/h3-6,10H,1-2H3;4-7H,3H2,1-2H3;2-5H,6,9H2,1H3;2-5H,1H3. The van der Waals surface area contributed by atoms with E-state index in [1.54, 1.807) is 19.3 Å². The molecule has 3 heteroatoms. The van der Waals surface area contributed by atoms with E-state index in [-0.39, 0.29) is 0 Å². The third-order valence-electron chi connectivity index (χ3n) is 5.18. The highest BCUT2D eigenvalue weighted by Crippen LogP contribution is 2.04. The van der Waals surface area contributed by atoms with Crippen LogP contribution >= 0.6 is 0 Å². The summed E-state index contributed by atoms with van der Waals surface area (Å²) in [6.07, 6.45) is 4.71. The predicted octanol–water partition coefficient (Wildman–Crippen LogP) is 7.78. The molecule has 0 aliphatic rings. The van der Waals surface area contributed by atoms with Crippen LogP contribution in [0.4, 0.5) is 0 Å². The first-order chi connectivity index (χ1) is 16.7. The Morgan fingerprint density at radius 1 is 0.686 bits per heavy atom. The van der Waals surface area contributed by atoms with Gasteiger partial charge in [0.15, 0.2) is 0 Å². The van der Waals surface area contributed by atoms with Crippen LogP contribution in [-0.2, 0) is 13.0 Å². The highest BCUT2D eigenvalue weighted by Gasteiger charge is 1.91. The molecule has 0 aliphatic heterocycles. The summed E-state index contributed by atoms with van der Waals surface area (Å²) in [6.45, 7) is 12.9. The second-order valence-corrected chi connectivity index (χ2v) is 8.55. The Hall–Kier alpha value is -3.56. The molecule has 0 aliphatic carbocycles. The Morgan fingerprint density at radius 2 is 1.20 bits per heavy atom. The maximum absolute atomic E-state index is 7.31. The number of nitrogens with two attached hydrogens (primary N) is 1. The molecule has 0 amide bonds. The molecule has 3 aromatic carbocycles. The summed E-state index contributed by atoms with van der Waals surface area (Å²) < 4.78 is 0. The Bertz CT molecular complexity index is 1100. The Labute approximate surface area is 212 Å². The number of pyridine rings is 1. The van der Waals surface area contributed by atoms with E-state index < -0.39 is 0 Å². The monoisotopic (exact) mass is 467 g/mol. The SMILES string of the molecule is CC(=N)c1ccc(C)cc1.CCc1cccc(C)c1.Cc1ccc(CN)cc1.Cc1ccncc1. The first-order valence-corrected chi connectivity index (χ1v) is 12.0. The number of hydrogen-bond acceptors (Lipinski definition) is 3. The van der Waals surface area contributed by atoms with E-state index in [2.05, 4.69) is 74.3 Å². The van der Waals surface area contributed by atoms with Crippen molar-refractivity contribution in [2.45, 2.75) is 54.5 Å². The second kappa shape index (κ2) is 17.0. The summed E-state index contributed by atoms with van der Waals surface area (Å²) in [4.78, 5) is 3.85. The van der Waals surface area contributed by atoms with Crippen LogP contribution in [-0.4, -0.2) is 10.7 Å². The fraction of sp³-hybridized carbons (Fsp3) is 0.250. The maximum atomic E-state index is 7.31. The molecule has 1 aromatic heterocycles. The largest absolute Gasteiger partial charge is 0.326 e. The minimum Gasteiger partial charge on any atom is -0.326 e. The lowest BCUT2D eigenvalue weighted by molar-refractivity contribution is 1.07. The lowest BCUT2D eigenvalue weighted by Crippen LogP contribution is -1.94. The highest BCUT2D eigenvalue weighted by atomic mass is 14.6. The summed E-state index contributed by atoms with van der Waals surface area (Å²) >= 11 is 0. The minimum absolute atomic E-state index is 0.625. The molecule has 0 bridgehead atoms. The Kier molecular flexibility index (Phi) is 14.3. The van der Waals surface area contributed by atoms with Crippen LogP contribution in [0.2, 0.25) is 0 Å². The van der Waals surface area contributed by atoms with E-state index in [4.69, 9.17) is 11.1 Å². The molecule has 0 radical (unpaired) electrons. The number of aromatic nitrogens is 1. The summed E-state index contributed by atoms with van der Waals surface area (Å²) in [5, 5.41) is 7.31. The molecule has 184 valence electrons. The van der Waals surface area contributed by atoms with Crippen molar-refractivity contribution in [3.05, 3.63) is 136 Å². The van der Waals surface area contributed by atoms with E-state index in [1.807, 2.05) is 50.2 Å². The molecule has 0 fully saturated rings. The van der Waals surface area contributed by atoms with Crippen molar-refractivity contribution in [3.8, 4) is 0 Å². The van der Waals surface area contributed by atoms with Crippen LogP contribution in [0.15, 0.2) is 97.3 Å². The first-order valence-electron chi connectivity index (χ1n) is 12.0. The molecule has 0 atom stereocenters. The van der Waals surface area contributed by atoms with Crippen LogP contribution in [0.5, 0.6) is 0 Å². The molecule has 4 aromatic rings. The summed E-state index contributed by atoms with van der Waals surface area (Å²) in [6, 6.07) is 28.8. The lowest BCUT2D eigenvalue weighted by atomic mass is 10.1. The predicted molar refractivity (Wildman–Crippen MR) is 152 cm³/mol. The molecule has 0 unspecified atom stereocenters. The number of rotatable bonds is 3. The Morgan fingerprint density at radius 3 is 1.57 bits per heavy atom. The van der Waals surface area contributed by atoms with Crippen molar-refractivity contribution >= 4 is 5.71 Å². The molecule has 4 rings (SSSR count). The van der Waals surface area contributed by atoms with Gasteiger partial charge in [-0.2, -0.15) is 0 Å². The van der Waals surface area contributed by atoms with E-state index in [1.165, 1.54) is 33.4 Å². The lowest BCUT2D eigenvalue weighted by Gasteiger charge is -1.96. The van der Waals surface area contributed by atoms with Gasteiger partial charge in [-0.05, 0) is 75.4 Å². The van der Waals surface area contributed by atoms with Gasteiger partial charge in [0.2, 0.25) is 0 Å². The average Bonchev–Trinajstić information content (AvgIpc) is 2.86. The topological polar surface area (TPSA) is 62.8 Å². The van der Waals surface area contributed by atoms with Gasteiger partial charge in [-0.15, -0.1) is 0 Å². The fourth-order valence-electron chi connectivity index (χ4n) is 2.89. The van der Waals surface area contributed by atoms with Crippen molar-refractivity contribution in [2.75, 3.05) is 0 Å². The van der Waals surface area contributed by atoms with E-state index in [0.29, 0.717) is 12.3 Å². The summed E-state index contributed by atoms with van der Waals surface area (Å²) in [5.74, 6) is 0. The summed E-state index contributed by atoms with van der Waals surface area (Å²) in [5.41, 5.74) is 14.8. The average molecular weight is 468 g/mol. The maximum Gasteiger partial charge on any atom is 0.0355 e. The molecule has 0 spiro atoms. The van der Waals surface area contributed by atoms with E-state index >= 15 is 0 Å². The van der Waals surface area contributed by atoms with Gasteiger partial charge in [0.05, 0.1) is 0 Å². The van der Waals surface area contributed by atoms with Gasteiger partial charge in [0.25, 0.3) is 0 Å². The minimum atomic E-state index is 0.625. The highest BCUT2D eigenvalue weighted by molar-refractivity contribution is 5.96. The zero-order chi connectivity index (χ0) is 26.1. The molecule has 1 heterocycles. The molecule has 0 saturated heterocycles. The Balaban J connectivity index is 0.000000235. The van der Waals surface area contributed by atoms with Crippen LogP contribution in [0, 0.1) is 33.1 Å². The van der Waals surface area contributed by atoms with Gasteiger partial charge in [-0.1, -0.05) is 96.4 Å².